The Hall–Kier alpha value is -2.50. The molecule has 6 heteroatoms. The van der Waals surface area contributed by atoms with E-state index < -0.39 is 6.61 Å². The Balaban J connectivity index is 2.01. The molecule has 3 rings (SSSR count). The number of rotatable bonds is 3. The van der Waals surface area contributed by atoms with Crippen LogP contribution in [0.5, 0.6) is 5.75 Å². The Morgan fingerprint density at radius 2 is 2.16 bits per heavy atom. The van der Waals surface area contributed by atoms with E-state index in [1.165, 1.54) is 12.1 Å². The van der Waals surface area contributed by atoms with E-state index >= 15 is 0 Å². The van der Waals surface area contributed by atoms with Gasteiger partial charge in [-0.3, -0.25) is 0 Å². The molecule has 0 unspecified atom stereocenters. The molecule has 0 saturated heterocycles. The summed E-state index contributed by atoms with van der Waals surface area (Å²) >= 11 is 0. The average molecular weight is 260 g/mol. The van der Waals surface area contributed by atoms with Gasteiger partial charge in [-0.1, -0.05) is 12.1 Å². The number of H-pyrrole nitrogens is 1. The highest BCUT2D eigenvalue weighted by atomic mass is 19.3. The van der Waals surface area contributed by atoms with E-state index in [2.05, 4.69) is 25.9 Å². The summed E-state index contributed by atoms with van der Waals surface area (Å²) in [4.78, 5) is 11.3. The highest BCUT2D eigenvalue weighted by molar-refractivity contribution is 5.75. The fourth-order valence-electron chi connectivity index (χ4n) is 1.75. The zero-order chi connectivity index (χ0) is 13.2. The molecule has 1 radical (unpaired) electrons. The fraction of sp³-hybridized carbons (Fsp3) is 0.0769. The second-order valence-electron chi connectivity index (χ2n) is 3.80. The van der Waals surface area contributed by atoms with E-state index in [-0.39, 0.29) is 5.75 Å². The summed E-state index contributed by atoms with van der Waals surface area (Å²) in [6.45, 7) is -2.85. The number of hydrogen-bond donors (Lipinski definition) is 1. The molecule has 0 aliphatic rings. The van der Waals surface area contributed by atoms with Crippen molar-refractivity contribution in [3.05, 3.63) is 42.6 Å². The van der Waals surface area contributed by atoms with E-state index in [0.717, 1.165) is 5.52 Å². The number of ether oxygens (including phenoxy) is 1. The molecule has 0 amide bonds. The number of aromatic amines is 1. The van der Waals surface area contributed by atoms with Gasteiger partial charge in [-0.2, -0.15) is 8.78 Å². The van der Waals surface area contributed by atoms with Gasteiger partial charge in [0.1, 0.15) is 11.6 Å². The Morgan fingerprint density at radius 1 is 1.26 bits per heavy atom. The second kappa shape index (κ2) is 4.64. The lowest BCUT2D eigenvalue weighted by molar-refractivity contribution is -0.0498. The Labute approximate surface area is 107 Å². The summed E-state index contributed by atoms with van der Waals surface area (Å²) in [5.74, 6) is 0.634. The third-order valence-corrected chi connectivity index (χ3v) is 2.54. The molecule has 2 heterocycles. The quantitative estimate of drug-likeness (QED) is 0.787. The third kappa shape index (κ3) is 2.37. The number of fused-ring (bicyclic) bond motifs is 1. The van der Waals surface area contributed by atoms with Crippen molar-refractivity contribution in [2.75, 3.05) is 0 Å². The van der Waals surface area contributed by atoms with Crippen LogP contribution >= 0.6 is 0 Å². The van der Waals surface area contributed by atoms with Crippen molar-refractivity contribution >= 4 is 11.2 Å². The number of benzene rings is 1. The zero-order valence-electron chi connectivity index (χ0n) is 9.60. The van der Waals surface area contributed by atoms with Crippen LogP contribution in [0, 0.1) is 6.20 Å². The lowest BCUT2D eigenvalue weighted by Crippen LogP contribution is -2.01. The number of pyridine rings is 1. The van der Waals surface area contributed by atoms with Crippen LogP contribution in [0.4, 0.5) is 8.78 Å². The van der Waals surface area contributed by atoms with Crippen molar-refractivity contribution in [1.29, 1.82) is 0 Å². The molecule has 0 atom stereocenters. The molecular weight excluding hydrogens is 252 g/mol. The molecular formula is C13H8F2N3O. The molecule has 2 aromatic heterocycles. The summed E-state index contributed by atoms with van der Waals surface area (Å²) in [6, 6.07) is 9.79. The summed E-state index contributed by atoms with van der Waals surface area (Å²) in [7, 11) is 0. The number of aromatic nitrogens is 3. The van der Waals surface area contributed by atoms with Gasteiger partial charge in [-0.05, 0) is 24.3 Å². The number of halogens is 2. The van der Waals surface area contributed by atoms with Gasteiger partial charge in [-0.25, -0.2) is 9.97 Å². The van der Waals surface area contributed by atoms with Gasteiger partial charge < -0.3 is 9.72 Å². The third-order valence-electron chi connectivity index (χ3n) is 2.54. The number of nitrogens with one attached hydrogen (secondary N) is 1. The topological polar surface area (TPSA) is 50.8 Å². The van der Waals surface area contributed by atoms with E-state index in [0.29, 0.717) is 17.0 Å². The van der Waals surface area contributed by atoms with Crippen LogP contribution in [0.1, 0.15) is 0 Å². The molecule has 0 aliphatic carbocycles. The first-order valence-corrected chi connectivity index (χ1v) is 5.50. The lowest BCUT2D eigenvalue weighted by Gasteiger charge is -2.05. The fourth-order valence-corrected chi connectivity index (χ4v) is 1.75. The van der Waals surface area contributed by atoms with Crippen molar-refractivity contribution in [3.8, 4) is 17.1 Å². The highest BCUT2D eigenvalue weighted by Gasteiger charge is 2.09. The molecule has 19 heavy (non-hydrogen) atoms. The maximum Gasteiger partial charge on any atom is 0.387 e. The van der Waals surface area contributed by atoms with Gasteiger partial charge in [0.15, 0.2) is 5.65 Å². The van der Waals surface area contributed by atoms with E-state index in [9.17, 15) is 8.78 Å². The van der Waals surface area contributed by atoms with Crippen molar-refractivity contribution in [3.63, 3.8) is 0 Å². The predicted octanol–water partition coefficient (Wildman–Crippen LogP) is 3.03. The number of nitrogens with zero attached hydrogens (tertiary/aromatic N) is 2. The molecule has 95 valence electrons. The normalized spacial score (nSPS) is 11.1. The van der Waals surface area contributed by atoms with Crippen molar-refractivity contribution in [1.82, 2.24) is 15.0 Å². The van der Waals surface area contributed by atoms with Crippen LogP contribution in [0.25, 0.3) is 22.6 Å². The van der Waals surface area contributed by atoms with E-state index in [1.54, 1.807) is 24.3 Å². The molecule has 1 N–H and O–H groups in total. The van der Waals surface area contributed by atoms with Crippen LogP contribution in [0.3, 0.4) is 0 Å². The molecule has 0 saturated carbocycles. The largest absolute Gasteiger partial charge is 0.435 e. The first kappa shape index (κ1) is 11.6. The van der Waals surface area contributed by atoms with Crippen LogP contribution in [-0.4, -0.2) is 21.6 Å². The Kier molecular flexibility index (Phi) is 2.83. The smallest absolute Gasteiger partial charge is 0.387 e. The number of hydrogen-bond acceptors (Lipinski definition) is 3. The molecule has 0 fully saturated rings. The van der Waals surface area contributed by atoms with E-state index in [4.69, 9.17) is 0 Å². The van der Waals surface area contributed by atoms with Gasteiger partial charge in [0, 0.05) is 5.56 Å². The SMILES string of the molecule is FC(F)Oc1cccc(-c2nc3n[c]ccc3[nH]2)c1. The van der Waals surface area contributed by atoms with Gasteiger partial charge in [0.2, 0.25) is 0 Å². The lowest BCUT2D eigenvalue weighted by atomic mass is 10.2. The zero-order valence-corrected chi connectivity index (χ0v) is 9.60. The van der Waals surface area contributed by atoms with Gasteiger partial charge in [0.05, 0.1) is 11.7 Å². The minimum atomic E-state index is -2.85. The van der Waals surface area contributed by atoms with Crippen LogP contribution < -0.4 is 4.74 Å². The maximum absolute atomic E-state index is 12.2. The van der Waals surface area contributed by atoms with Crippen LogP contribution in [-0.2, 0) is 0 Å². The van der Waals surface area contributed by atoms with Crippen molar-refractivity contribution < 1.29 is 13.5 Å². The van der Waals surface area contributed by atoms with Crippen molar-refractivity contribution in [2.45, 2.75) is 6.61 Å². The Morgan fingerprint density at radius 3 is 2.95 bits per heavy atom. The molecule has 0 bridgehead atoms. The summed E-state index contributed by atoms with van der Waals surface area (Å²) < 4.78 is 28.7. The second-order valence-corrected chi connectivity index (χ2v) is 3.80. The predicted molar refractivity (Wildman–Crippen MR) is 64.8 cm³/mol. The van der Waals surface area contributed by atoms with Gasteiger partial charge >= 0.3 is 6.61 Å². The number of alkyl halides is 2. The Bertz CT molecular complexity index is 679. The average Bonchev–Trinajstić information content (AvgIpc) is 2.82. The molecule has 0 spiro atoms. The summed E-state index contributed by atoms with van der Waals surface area (Å²) in [5.41, 5.74) is 1.93. The minimum Gasteiger partial charge on any atom is -0.435 e. The highest BCUT2D eigenvalue weighted by Crippen LogP contribution is 2.24. The standard InChI is InChI=1S/C13H8F2N3O/c14-13(15)19-9-4-1-3-8(7-9)11-17-10-5-2-6-16-12(10)18-11/h1-5,7,13H,(H,16,17,18). The van der Waals surface area contributed by atoms with Gasteiger partial charge in [0.25, 0.3) is 0 Å². The van der Waals surface area contributed by atoms with E-state index in [1.807, 2.05) is 0 Å². The monoisotopic (exact) mass is 260 g/mol. The molecule has 0 aliphatic heterocycles. The first-order valence-electron chi connectivity index (χ1n) is 5.50. The molecule has 4 nitrogen and oxygen atoms in total. The first-order chi connectivity index (χ1) is 9.22. The summed E-state index contributed by atoms with van der Waals surface area (Å²) in [6.07, 6.45) is 2.68. The van der Waals surface area contributed by atoms with Crippen LogP contribution in [0.15, 0.2) is 36.4 Å². The summed E-state index contributed by atoms with van der Waals surface area (Å²) in [5, 5.41) is 0. The maximum atomic E-state index is 12.2. The number of imidazole rings is 1. The molecule has 3 aromatic rings. The minimum absolute atomic E-state index is 0.0903. The van der Waals surface area contributed by atoms with Crippen molar-refractivity contribution in [2.24, 2.45) is 0 Å². The molecule has 1 aromatic carbocycles. The van der Waals surface area contributed by atoms with Gasteiger partial charge in [-0.15, -0.1) is 0 Å². The van der Waals surface area contributed by atoms with Crippen LogP contribution in [0.2, 0.25) is 0 Å².